The molecule has 0 amide bonds. The molecule has 20 heavy (non-hydrogen) atoms. The Labute approximate surface area is 126 Å². The first-order valence-electron chi connectivity index (χ1n) is 8.63. The molecule has 0 saturated carbocycles. The van der Waals surface area contributed by atoms with Crippen molar-refractivity contribution in [2.75, 3.05) is 13.1 Å². The van der Waals surface area contributed by atoms with Gasteiger partial charge < -0.3 is 0 Å². The van der Waals surface area contributed by atoms with Crippen molar-refractivity contribution in [2.24, 2.45) is 0 Å². The van der Waals surface area contributed by atoms with E-state index in [4.69, 9.17) is 0 Å². The standard InChI is InChI=1S/C19H33N/c1-3-5-7-12-16-20(17-13-8-6-4-2)18-19-14-10-9-11-15-19/h9-11,14-15H,3-8,12-13,16-18H2,1-2H3. The fourth-order valence-corrected chi connectivity index (χ4v) is 2.64. The van der Waals surface area contributed by atoms with Crippen LogP contribution in [-0.2, 0) is 6.54 Å². The van der Waals surface area contributed by atoms with E-state index < -0.39 is 0 Å². The molecule has 1 aromatic rings. The molecule has 0 atom stereocenters. The van der Waals surface area contributed by atoms with Gasteiger partial charge in [-0.3, -0.25) is 4.90 Å². The maximum Gasteiger partial charge on any atom is 0.0233 e. The largest absolute Gasteiger partial charge is 0.299 e. The van der Waals surface area contributed by atoms with Crippen LogP contribution < -0.4 is 0 Å². The zero-order chi connectivity index (χ0) is 14.5. The second-order valence-corrected chi connectivity index (χ2v) is 5.88. The minimum atomic E-state index is 1.12. The summed E-state index contributed by atoms with van der Waals surface area (Å²) in [6.45, 7) is 8.22. The zero-order valence-electron chi connectivity index (χ0n) is 13.6. The van der Waals surface area contributed by atoms with Crippen molar-refractivity contribution < 1.29 is 0 Å². The van der Waals surface area contributed by atoms with Crippen LogP contribution in [0.2, 0.25) is 0 Å². The summed E-state index contributed by atoms with van der Waals surface area (Å²) in [4.78, 5) is 2.65. The molecule has 0 fully saturated rings. The molecule has 114 valence electrons. The molecule has 0 aromatic heterocycles. The first-order valence-corrected chi connectivity index (χ1v) is 8.63. The first-order chi connectivity index (χ1) is 9.86. The second kappa shape index (κ2) is 12.0. The number of hydrogen-bond donors (Lipinski definition) is 0. The summed E-state index contributed by atoms with van der Waals surface area (Å²) in [7, 11) is 0. The predicted octanol–water partition coefficient (Wildman–Crippen LogP) is 5.65. The maximum absolute atomic E-state index is 2.65. The lowest BCUT2D eigenvalue weighted by Gasteiger charge is -2.22. The fraction of sp³-hybridized carbons (Fsp3) is 0.684. The van der Waals surface area contributed by atoms with Gasteiger partial charge in [-0.15, -0.1) is 0 Å². The monoisotopic (exact) mass is 275 g/mol. The van der Waals surface area contributed by atoms with Crippen LogP contribution in [0.5, 0.6) is 0 Å². The predicted molar refractivity (Wildman–Crippen MR) is 90.0 cm³/mol. The van der Waals surface area contributed by atoms with Crippen LogP contribution in [0.15, 0.2) is 30.3 Å². The van der Waals surface area contributed by atoms with Crippen molar-refractivity contribution in [3.05, 3.63) is 35.9 Å². The number of unbranched alkanes of at least 4 members (excludes halogenated alkanes) is 6. The Kier molecular flexibility index (Phi) is 10.3. The van der Waals surface area contributed by atoms with Crippen LogP contribution in [0, 0.1) is 0 Å². The SMILES string of the molecule is CCCCCCN(CCCCCC)Cc1ccccc1. The average molecular weight is 275 g/mol. The number of hydrogen-bond acceptors (Lipinski definition) is 1. The lowest BCUT2D eigenvalue weighted by atomic mass is 10.1. The van der Waals surface area contributed by atoms with Crippen LogP contribution in [0.3, 0.4) is 0 Å². The summed E-state index contributed by atoms with van der Waals surface area (Å²) in [6.07, 6.45) is 10.9. The van der Waals surface area contributed by atoms with Crippen molar-refractivity contribution >= 4 is 0 Å². The lowest BCUT2D eigenvalue weighted by Crippen LogP contribution is -2.25. The molecule has 0 aliphatic heterocycles. The number of nitrogens with zero attached hydrogens (tertiary/aromatic N) is 1. The molecule has 1 nitrogen and oxygen atoms in total. The van der Waals surface area contributed by atoms with Crippen molar-refractivity contribution in [1.82, 2.24) is 4.90 Å². The van der Waals surface area contributed by atoms with Crippen molar-refractivity contribution in [3.8, 4) is 0 Å². The fourth-order valence-electron chi connectivity index (χ4n) is 2.64. The van der Waals surface area contributed by atoms with E-state index in [1.54, 1.807) is 0 Å². The lowest BCUT2D eigenvalue weighted by molar-refractivity contribution is 0.252. The molecule has 1 heteroatoms. The highest BCUT2D eigenvalue weighted by atomic mass is 15.1. The van der Waals surface area contributed by atoms with Crippen LogP contribution in [-0.4, -0.2) is 18.0 Å². The Balaban J connectivity index is 2.33. The summed E-state index contributed by atoms with van der Waals surface area (Å²) in [5.74, 6) is 0. The Morgan fingerprint density at radius 1 is 0.700 bits per heavy atom. The molecule has 0 heterocycles. The number of benzene rings is 1. The van der Waals surface area contributed by atoms with E-state index in [0.29, 0.717) is 0 Å². The third kappa shape index (κ3) is 8.37. The first kappa shape index (κ1) is 17.2. The number of rotatable bonds is 12. The van der Waals surface area contributed by atoms with Gasteiger partial charge in [0.1, 0.15) is 0 Å². The molecule has 0 saturated heterocycles. The van der Waals surface area contributed by atoms with Gasteiger partial charge in [0.15, 0.2) is 0 Å². The van der Waals surface area contributed by atoms with E-state index in [1.165, 1.54) is 70.0 Å². The third-order valence-corrected chi connectivity index (χ3v) is 3.90. The van der Waals surface area contributed by atoms with Gasteiger partial charge in [0, 0.05) is 6.54 Å². The van der Waals surface area contributed by atoms with Gasteiger partial charge in [-0.25, -0.2) is 0 Å². The van der Waals surface area contributed by atoms with Crippen LogP contribution in [0.1, 0.15) is 70.8 Å². The van der Waals surface area contributed by atoms with Crippen LogP contribution >= 0.6 is 0 Å². The highest BCUT2D eigenvalue weighted by Crippen LogP contribution is 2.10. The Morgan fingerprint density at radius 3 is 1.75 bits per heavy atom. The van der Waals surface area contributed by atoms with Gasteiger partial charge in [0.2, 0.25) is 0 Å². The molecular weight excluding hydrogens is 242 g/mol. The van der Waals surface area contributed by atoms with Crippen molar-refractivity contribution in [1.29, 1.82) is 0 Å². The smallest absolute Gasteiger partial charge is 0.0233 e. The molecule has 1 aromatic carbocycles. The summed E-state index contributed by atoms with van der Waals surface area (Å²) < 4.78 is 0. The van der Waals surface area contributed by atoms with Crippen molar-refractivity contribution in [2.45, 2.75) is 71.8 Å². The molecule has 0 bridgehead atoms. The average Bonchev–Trinajstić information content (AvgIpc) is 2.49. The van der Waals surface area contributed by atoms with Crippen molar-refractivity contribution in [3.63, 3.8) is 0 Å². The molecule has 0 unspecified atom stereocenters. The summed E-state index contributed by atoms with van der Waals surface area (Å²) in [6, 6.07) is 10.9. The van der Waals surface area contributed by atoms with Gasteiger partial charge in [-0.2, -0.15) is 0 Å². The molecular formula is C19H33N. The second-order valence-electron chi connectivity index (χ2n) is 5.88. The van der Waals surface area contributed by atoms with E-state index in [-0.39, 0.29) is 0 Å². The zero-order valence-corrected chi connectivity index (χ0v) is 13.6. The molecule has 0 aliphatic rings. The van der Waals surface area contributed by atoms with Gasteiger partial charge in [0.25, 0.3) is 0 Å². The minimum Gasteiger partial charge on any atom is -0.299 e. The van der Waals surface area contributed by atoms with E-state index >= 15 is 0 Å². The Hall–Kier alpha value is -0.820. The van der Waals surface area contributed by atoms with Gasteiger partial charge in [-0.05, 0) is 31.5 Å². The van der Waals surface area contributed by atoms with Gasteiger partial charge >= 0.3 is 0 Å². The summed E-state index contributed by atoms with van der Waals surface area (Å²) in [5, 5.41) is 0. The minimum absolute atomic E-state index is 1.12. The van der Waals surface area contributed by atoms with E-state index in [2.05, 4.69) is 49.1 Å². The van der Waals surface area contributed by atoms with E-state index in [0.717, 1.165) is 6.54 Å². The van der Waals surface area contributed by atoms with Crippen LogP contribution in [0.25, 0.3) is 0 Å². The topological polar surface area (TPSA) is 3.24 Å². The highest BCUT2D eigenvalue weighted by Gasteiger charge is 2.05. The van der Waals surface area contributed by atoms with Gasteiger partial charge in [0.05, 0.1) is 0 Å². The van der Waals surface area contributed by atoms with Crippen LogP contribution in [0.4, 0.5) is 0 Å². The normalized spacial score (nSPS) is 11.2. The molecule has 0 spiro atoms. The van der Waals surface area contributed by atoms with Gasteiger partial charge in [-0.1, -0.05) is 82.7 Å². The highest BCUT2D eigenvalue weighted by molar-refractivity contribution is 5.14. The van der Waals surface area contributed by atoms with E-state index in [9.17, 15) is 0 Å². The maximum atomic E-state index is 2.65. The summed E-state index contributed by atoms with van der Waals surface area (Å²) >= 11 is 0. The molecule has 0 N–H and O–H groups in total. The third-order valence-electron chi connectivity index (χ3n) is 3.90. The Bertz CT molecular complexity index is 295. The quantitative estimate of drug-likeness (QED) is 0.446. The molecule has 1 rings (SSSR count). The Morgan fingerprint density at radius 2 is 1.25 bits per heavy atom. The van der Waals surface area contributed by atoms with E-state index in [1.807, 2.05) is 0 Å². The molecule has 0 aliphatic carbocycles. The summed E-state index contributed by atoms with van der Waals surface area (Å²) in [5.41, 5.74) is 1.46. The molecule has 0 radical (unpaired) electrons.